The summed E-state index contributed by atoms with van der Waals surface area (Å²) in [5.74, 6) is 0.862. The highest BCUT2D eigenvalue weighted by Crippen LogP contribution is 2.30. The van der Waals surface area contributed by atoms with Crippen molar-refractivity contribution in [3.8, 4) is 0 Å². The summed E-state index contributed by atoms with van der Waals surface area (Å²) in [5.41, 5.74) is 0.890. The minimum Gasteiger partial charge on any atom is -0.391 e. The predicted octanol–water partition coefficient (Wildman–Crippen LogP) is 2.80. The van der Waals surface area contributed by atoms with Gasteiger partial charge in [0.05, 0.1) is 23.8 Å². The molecule has 1 aliphatic heterocycles. The molecular weight excluding hydrogens is 260 g/mol. The molecule has 1 aromatic heterocycles. The number of rotatable bonds is 5. The molecular formula is C14H24N2O2S. The SMILES string of the molecule is CCC1CCCN(c2nc(COC)c(CO)s2)CC1. The van der Waals surface area contributed by atoms with Gasteiger partial charge in [0.25, 0.3) is 0 Å². The lowest BCUT2D eigenvalue weighted by Crippen LogP contribution is -2.24. The summed E-state index contributed by atoms with van der Waals surface area (Å²) in [6.45, 7) is 4.99. The molecule has 0 saturated carbocycles. The Morgan fingerprint density at radius 2 is 2.26 bits per heavy atom. The Kier molecular flexibility index (Phi) is 5.60. The molecule has 1 aromatic rings. The van der Waals surface area contributed by atoms with Crippen molar-refractivity contribution in [3.63, 3.8) is 0 Å². The van der Waals surface area contributed by atoms with Crippen LogP contribution in [0.2, 0.25) is 0 Å². The topological polar surface area (TPSA) is 45.6 Å². The maximum absolute atomic E-state index is 9.39. The molecule has 0 bridgehead atoms. The summed E-state index contributed by atoms with van der Waals surface area (Å²) in [6.07, 6.45) is 5.11. The first-order chi connectivity index (χ1) is 9.28. The molecule has 0 amide bonds. The summed E-state index contributed by atoms with van der Waals surface area (Å²) in [5, 5.41) is 10.4. The van der Waals surface area contributed by atoms with Crippen LogP contribution in [0.25, 0.3) is 0 Å². The second-order valence-electron chi connectivity index (χ2n) is 5.15. The molecule has 0 radical (unpaired) electrons. The number of aromatic nitrogens is 1. The van der Waals surface area contributed by atoms with Gasteiger partial charge in [0.2, 0.25) is 0 Å². The molecule has 0 aliphatic carbocycles. The van der Waals surface area contributed by atoms with Crippen molar-refractivity contribution >= 4 is 16.5 Å². The summed E-state index contributed by atoms with van der Waals surface area (Å²) < 4.78 is 5.14. The number of ether oxygens (including phenoxy) is 1. The van der Waals surface area contributed by atoms with Crippen molar-refractivity contribution in [1.29, 1.82) is 0 Å². The van der Waals surface area contributed by atoms with Crippen molar-refractivity contribution < 1.29 is 9.84 Å². The molecule has 0 aromatic carbocycles. The molecule has 5 heteroatoms. The number of methoxy groups -OCH3 is 1. The van der Waals surface area contributed by atoms with Gasteiger partial charge in [-0.25, -0.2) is 4.98 Å². The third-order valence-corrected chi connectivity index (χ3v) is 5.03. The van der Waals surface area contributed by atoms with Crippen LogP contribution in [0.3, 0.4) is 0 Å². The first-order valence-electron chi connectivity index (χ1n) is 7.11. The maximum atomic E-state index is 9.39. The van der Waals surface area contributed by atoms with Gasteiger partial charge in [-0.1, -0.05) is 24.7 Å². The molecule has 1 atom stereocenters. The van der Waals surface area contributed by atoms with Gasteiger partial charge in [0.15, 0.2) is 5.13 Å². The zero-order valence-corrected chi connectivity index (χ0v) is 12.7. The number of aliphatic hydroxyl groups excluding tert-OH is 1. The van der Waals surface area contributed by atoms with E-state index in [0.29, 0.717) is 6.61 Å². The molecule has 0 spiro atoms. The average Bonchev–Trinajstić information content (AvgIpc) is 2.68. The fourth-order valence-electron chi connectivity index (χ4n) is 2.64. The first kappa shape index (κ1) is 14.8. The quantitative estimate of drug-likeness (QED) is 0.903. The van der Waals surface area contributed by atoms with Crippen LogP contribution < -0.4 is 4.90 Å². The van der Waals surface area contributed by atoms with Crippen molar-refractivity contribution in [2.24, 2.45) is 5.92 Å². The van der Waals surface area contributed by atoms with Gasteiger partial charge in [-0.05, 0) is 25.2 Å². The van der Waals surface area contributed by atoms with E-state index < -0.39 is 0 Å². The fourth-order valence-corrected chi connectivity index (χ4v) is 3.62. The number of anilines is 1. The van der Waals surface area contributed by atoms with E-state index in [9.17, 15) is 5.11 Å². The molecule has 19 heavy (non-hydrogen) atoms. The average molecular weight is 284 g/mol. The van der Waals surface area contributed by atoms with Gasteiger partial charge in [-0.15, -0.1) is 0 Å². The summed E-state index contributed by atoms with van der Waals surface area (Å²) in [6, 6.07) is 0. The minimum atomic E-state index is 0.0573. The van der Waals surface area contributed by atoms with Crippen molar-refractivity contribution in [1.82, 2.24) is 4.98 Å². The van der Waals surface area contributed by atoms with Crippen LogP contribution in [0.5, 0.6) is 0 Å². The second-order valence-corrected chi connectivity index (χ2v) is 6.21. The van der Waals surface area contributed by atoms with Gasteiger partial charge in [0.1, 0.15) is 0 Å². The van der Waals surface area contributed by atoms with E-state index >= 15 is 0 Å². The van der Waals surface area contributed by atoms with Crippen LogP contribution in [-0.4, -0.2) is 30.3 Å². The zero-order valence-electron chi connectivity index (χ0n) is 11.9. The van der Waals surface area contributed by atoms with Crippen LogP contribution in [-0.2, 0) is 18.0 Å². The molecule has 4 nitrogen and oxygen atoms in total. The second kappa shape index (κ2) is 7.22. The third-order valence-electron chi connectivity index (χ3n) is 3.89. The Labute approximate surface area is 119 Å². The van der Waals surface area contributed by atoms with Crippen LogP contribution in [0.4, 0.5) is 5.13 Å². The van der Waals surface area contributed by atoms with Crippen molar-refractivity contribution in [3.05, 3.63) is 10.6 Å². The number of nitrogens with zero attached hydrogens (tertiary/aromatic N) is 2. The Morgan fingerprint density at radius 3 is 2.95 bits per heavy atom. The van der Waals surface area contributed by atoms with Gasteiger partial charge >= 0.3 is 0 Å². The highest BCUT2D eigenvalue weighted by atomic mass is 32.1. The third kappa shape index (κ3) is 3.68. The summed E-state index contributed by atoms with van der Waals surface area (Å²) in [4.78, 5) is 7.96. The molecule has 1 unspecified atom stereocenters. The fraction of sp³-hybridized carbons (Fsp3) is 0.786. The zero-order chi connectivity index (χ0) is 13.7. The monoisotopic (exact) mass is 284 g/mol. The highest BCUT2D eigenvalue weighted by molar-refractivity contribution is 7.15. The molecule has 2 heterocycles. The Hall–Kier alpha value is -0.650. The number of hydrogen-bond acceptors (Lipinski definition) is 5. The maximum Gasteiger partial charge on any atom is 0.185 e. The normalized spacial score (nSPS) is 20.6. The Morgan fingerprint density at radius 1 is 1.42 bits per heavy atom. The summed E-state index contributed by atoms with van der Waals surface area (Å²) in [7, 11) is 1.66. The van der Waals surface area contributed by atoms with Gasteiger partial charge in [-0.3, -0.25) is 0 Å². The van der Waals surface area contributed by atoms with Crippen LogP contribution in [0.1, 0.15) is 43.2 Å². The van der Waals surface area contributed by atoms with E-state index in [4.69, 9.17) is 4.74 Å². The van der Waals surface area contributed by atoms with E-state index in [0.717, 1.165) is 34.7 Å². The number of aliphatic hydroxyl groups is 1. The minimum absolute atomic E-state index is 0.0573. The lowest BCUT2D eigenvalue weighted by atomic mass is 9.98. The Bertz CT molecular complexity index is 395. The van der Waals surface area contributed by atoms with E-state index in [-0.39, 0.29) is 6.61 Å². The van der Waals surface area contributed by atoms with Crippen LogP contribution in [0.15, 0.2) is 0 Å². The van der Waals surface area contributed by atoms with E-state index in [2.05, 4.69) is 16.8 Å². The highest BCUT2D eigenvalue weighted by Gasteiger charge is 2.20. The van der Waals surface area contributed by atoms with E-state index in [1.165, 1.54) is 25.7 Å². The van der Waals surface area contributed by atoms with Gasteiger partial charge in [-0.2, -0.15) is 0 Å². The van der Waals surface area contributed by atoms with E-state index in [1.807, 2.05) is 0 Å². The van der Waals surface area contributed by atoms with Crippen molar-refractivity contribution in [2.45, 2.75) is 45.8 Å². The van der Waals surface area contributed by atoms with Gasteiger partial charge < -0.3 is 14.7 Å². The number of hydrogen-bond donors (Lipinski definition) is 1. The smallest absolute Gasteiger partial charge is 0.185 e. The van der Waals surface area contributed by atoms with E-state index in [1.54, 1.807) is 18.4 Å². The summed E-state index contributed by atoms with van der Waals surface area (Å²) >= 11 is 1.61. The number of thiazole rings is 1. The molecule has 1 saturated heterocycles. The molecule has 108 valence electrons. The predicted molar refractivity (Wildman–Crippen MR) is 78.6 cm³/mol. The van der Waals surface area contributed by atoms with Crippen LogP contribution >= 0.6 is 11.3 Å². The van der Waals surface area contributed by atoms with Crippen molar-refractivity contribution in [2.75, 3.05) is 25.1 Å². The standard InChI is InChI=1S/C14H24N2O2S/c1-3-11-5-4-7-16(8-6-11)14-15-12(10-18-2)13(9-17)19-14/h11,17H,3-10H2,1-2H3. The Balaban J connectivity index is 2.08. The molecule has 1 N–H and O–H groups in total. The molecule has 1 aliphatic rings. The first-order valence-corrected chi connectivity index (χ1v) is 7.93. The molecule has 1 fully saturated rings. The largest absolute Gasteiger partial charge is 0.391 e. The lowest BCUT2D eigenvalue weighted by molar-refractivity contribution is 0.179. The van der Waals surface area contributed by atoms with Gasteiger partial charge in [0, 0.05) is 20.2 Å². The lowest BCUT2D eigenvalue weighted by Gasteiger charge is -2.19. The van der Waals surface area contributed by atoms with Crippen LogP contribution in [0, 0.1) is 5.92 Å². The molecule has 2 rings (SSSR count).